The van der Waals surface area contributed by atoms with Gasteiger partial charge in [-0.05, 0) is 12.5 Å². The summed E-state index contributed by atoms with van der Waals surface area (Å²) in [5.74, 6) is -0.130. The van der Waals surface area contributed by atoms with E-state index in [-0.39, 0.29) is 18.2 Å². The van der Waals surface area contributed by atoms with Gasteiger partial charge in [0.1, 0.15) is 0 Å². The molecule has 4 nitrogen and oxygen atoms in total. The first-order valence-electron chi connectivity index (χ1n) is 5.96. The summed E-state index contributed by atoms with van der Waals surface area (Å²) >= 11 is 0. The Hall–Kier alpha value is -1.17. The van der Waals surface area contributed by atoms with Crippen molar-refractivity contribution in [1.82, 2.24) is 5.32 Å². The Kier molecular flexibility index (Phi) is 4.16. The van der Waals surface area contributed by atoms with Crippen molar-refractivity contribution in [2.24, 2.45) is 0 Å². The van der Waals surface area contributed by atoms with E-state index in [0.717, 1.165) is 6.42 Å². The lowest BCUT2D eigenvalue weighted by Crippen LogP contribution is -2.48. The largest absolute Gasteiger partial charge is 0.494 e. The van der Waals surface area contributed by atoms with Crippen LogP contribution in [0.15, 0.2) is 18.2 Å². The molecule has 1 aromatic rings. The lowest BCUT2D eigenvalue weighted by atomic mass is 9.99. The second-order valence-corrected chi connectivity index (χ2v) is 4.53. The maximum Gasteiger partial charge on any atom is 0.169 e. The summed E-state index contributed by atoms with van der Waals surface area (Å²) in [7, 11) is 1.44. The van der Waals surface area contributed by atoms with Crippen LogP contribution in [0.1, 0.15) is 12.0 Å². The summed E-state index contributed by atoms with van der Waals surface area (Å²) in [5.41, 5.74) is 0.0734. The van der Waals surface area contributed by atoms with E-state index in [1.165, 1.54) is 7.11 Å². The van der Waals surface area contributed by atoms with E-state index >= 15 is 0 Å². The molecule has 1 fully saturated rings. The summed E-state index contributed by atoms with van der Waals surface area (Å²) in [6.45, 7) is 1.40. The zero-order valence-corrected chi connectivity index (χ0v) is 10.4. The van der Waals surface area contributed by atoms with Gasteiger partial charge in [-0.3, -0.25) is 0 Å². The van der Waals surface area contributed by atoms with Crippen molar-refractivity contribution < 1.29 is 19.0 Å². The van der Waals surface area contributed by atoms with Crippen molar-refractivity contribution >= 4 is 0 Å². The number of hydrogen-bond donors (Lipinski definition) is 2. The molecule has 0 bridgehead atoms. The van der Waals surface area contributed by atoms with Gasteiger partial charge in [0.2, 0.25) is 0 Å². The minimum absolute atomic E-state index is 0.0153. The Morgan fingerprint density at radius 2 is 2.39 bits per heavy atom. The maximum atomic E-state index is 13.9. The van der Waals surface area contributed by atoms with Crippen LogP contribution in [0, 0.1) is 5.82 Å². The van der Waals surface area contributed by atoms with Crippen LogP contribution >= 0.6 is 0 Å². The van der Waals surface area contributed by atoms with Gasteiger partial charge in [-0.15, -0.1) is 0 Å². The standard InChI is InChI=1S/C13H18FNO3/c1-17-11-4-2-3-10(12(11)14)7-15-13(8-16)5-6-18-9-13/h2-4,15-16H,5-9H2,1H3. The third-order valence-corrected chi connectivity index (χ3v) is 3.32. The predicted octanol–water partition coefficient (Wildman–Crippen LogP) is 1.08. The summed E-state index contributed by atoms with van der Waals surface area (Å²) < 4.78 is 24.1. The third kappa shape index (κ3) is 2.63. The second kappa shape index (κ2) is 5.65. The summed E-state index contributed by atoms with van der Waals surface area (Å²) in [5, 5.41) is 12.6. The van der Waals surface area contributed by atoms with Crippen molar-refractivity contribution in [3.63, 3.8) is 0 Å². The van der Waals surface area contributed by atoms with Crippen molar-refractivity contribution in [2.75, 3.05) is 26.9 Å². The van der Waals surface area contributed by atoms with Gasteiger partial charge in [0.25, 0.3) is 0 Å². The van der Waals surface area contributed by atoms with Gasteiger partial charge in [-0.1, -0.05) is 12.1 Å². The number of aliphatic hydroxyl groups excluding tert-OH is 1. The molecule has 1 saturated heterocycles. The monoisotopic (exact) mass is 255 g/mol. The van der Waals surface area contributed by atoms with E-state index in [0.29, 0.717) is 25.3 Å². The minimum Gasteiger partial charge on any atom is -0.494 e. The summed E-state index contributed by atoms with van der Waals surface area (Å²) in [6, 6.07) is 5.03. The van der Waals surface area contributed by atoms with Crippen LogP contribution in [-0.4, -0.2) is 37.6 Å². The minimum atomic E-state index is -0.449. The van der Waals surface area contributed by atoms with Crippen LogP contribution < -0.4 is 10.1 Å². The number of ether oxygens (including phenoxy) is 2. The highest BCUT2D eigenvalue weighted by Gasteiger charge is 2.33. The SMILES string of the molecule is COc1cccc(CNC2(CO)CCOC2)c1F. The molecule has 1 aromatic carbocycles. The number of hydrogen-bond acceptors (Lipinski definition) is 4. The van der Waals surface area contributed by atoms with E-state index in [2.05, 4.69) is 5.32 Å². The molecule has 1 heterocycles. The Morgan fingerprint density at radius 3 is 3.00 bits per heavy atom. The van der Waals surface area contributed by atoms with Gasteiger partial charge in [0.15, 0.2) is 11.6 Å². The molecule has 2 rings (SSSR count). The Bertz CT molecular complexity index is 405. The molecular formula is C13H18FNO3. The molecule has 1 aliphatic heterocycles. The summed E-state index contributed by atoms with van der Waals surface area (Å²) in [6.07, 6.45) is 0.731. The van der Waals surface area contributed by atoms with Gasteiger partial charge in [-0.25, -0.2) is 4.39 Å². The molecule has 0 amide bonds. The van der Waals surface area contributed by atoms with Gasteiger partial charge < -0.3 is 19.9 Å². The molecule has 0 spiro atoms. The normalized spacial score (nSPS) is 23.3. The molecule has 5 heteroatoms. The van der Waals surface area contributed by atoms with Gasteiger partial charge >= 0.3 is 0 Å². The highest BCUT2D eigenvalue weighted by atomic mass is 19.1. The smallest absolute Gasteiger partial charge is 0.169 e. The zero-order chi connectivity index (χ0) is 13.0. The molecule has 0 aromatic heterocycles. The lowest BCUT2D eigenvalue weighted by Gasteiger charge is -2.26. The Balaban J connectivity index is 2.05. The summed E-state index contributed by atoms with van der Waals surface area (Å²) in [4.78, 5) is 0. The van der Waals surface area contributed by atoms with Gasteiger partial charge in [0.05, 0.1) is 25.9 Å². The molecule has 0 aliphatic carbocycles. The predicted molar refractivity (Wildman–Crippen MR) is 65.0 cm³/mol. The van der Waals surface area contributed by atoms with Gasteiger partial charge in [-0.2, -0.15) is 0 Å². The molecule has 1 unspecified atom stereocenters. The first-order chi connectivity index (χ1) is 8.71. The Labute approximate surface area is 106 Å². The average molecular weight is 255 g/mol. The molecule has 100 valence electrons. The van der Waals surface area contributed by atoms with Crippen molar-refractivity contribution in [1.29, 1.82) is 0 Å². The third-order valence-electron chi connectivity index (χ3n) is 3.32. The van der Waals surface area contributed by atoms with Crippen LogP contribution in [0.4, 0.5) is 4.39 Å². The van der Waals surface area contributed by atoms with E-state index in [1.807, 2.05) is 0 Å². The number of benzene rings is 1. The van der Waals surface area contributed by atoms with Crippen LogP contribution in [0.25, 0.3) is 0 Å². The quantitative estimate of drug-likeness (QED) is 0.826. The highest BCUT2D eigenvalue weighted by molar-refractivity contribution is 5.31. The topological polar surface area (TPSA) is 50.7 Å². The average Bonchev–Trinajstić information content (AvgIpc) is 2.87. The fourth-order valence-corrected chi connectivity index (χ4v) is 2.06. The molecule has 18 heavy (non-hydrogen) atoms. The maximum absolute atomic E-state index is 13.9. The van der Waals surface area contributed by atoms with E-state index in [1.54, 1.807) is 18.2 Å². The van der Waals surface area contributed by atoms with Crippen molar-refractivity contribution in [3.8, 4) is 5.75 Å². The van der Waals surface area contributed by atoms with E-state index in [9.17, 15) is 9.50 Å². The lowest BCUT2D eigenvalue weighted by molar-refractivity contribution is 0.120. The van der Waals surface area contributed by atoms with Crippen LogP contribution in [0.2, 0.25) is 0 Å². The number of methoxy groups -OCH3 is 1. The molecule has 0 radical (unpaired) electrons. The number of aliphatic hydroxyl groups is 1. The van der Waals surface area contributed by atoms with E-state index in [4.69, 9.17) is 9.47 Å². The zero-order valence-electron chi connectivity index (χ0n) is 10.4. The van der Waals surface area contributed by atoms with Crippen LogP contribution in [0.5, 0.6) is 5.75 Å². The molecule has 1 atom stereocenters. The van der Waals surface area contributed by atoms with Gasteiger partial charge in [0, 0.05) is 18.7 Å². The van der Waals surface area contributed by atoms with E-state index < -0.39 is 5.54 Å². The molecule has 1 aliphatic rings. The van der Waals surface area contributed by atoms with Crippen molar-refractivity contribution in [2.45, 2.75) is 18.5 Å². The van der Waals surface area contributed by atoms with Crippen LogP contribution in [-0.2, 0) is 11.3 Å². The highest BCUT2D eigenvalue weighted by Crippen LogP contribution is 2.22. The number of halogens is 1. The van der Waals surface area contributed by atoms with Crippen LogP contribution in [0.3, 0.4) is 0 Å². The number of rotatable bonds is 5. The number of nitrogens with one attached hydrogen (secondary N) is 1. The molecule has 2 N–H and O–H groups in total. The Morgan fingerprint density at radius 1 is 1.56 bits per heavy atom. The first kappa shape index (κ1) is 13.3. The second-order valence-electron chi connectivity index (χ2n) is 4.53. The van der Waals surface area contributed by atoms with Crippen molar-refractivity contribution in [3.05, 3.63) is 29.6 Å². The fourth-order valence-electron chi connectivity index (χ4n) is 2.06. The molecule has 0 saturated carbocycles. The first-order valence-corrected chi connectivity index (χ1v) is 5.96. The molecular weight excluding hydrogens is 237 g/mol. The fraction of sp³-hybridized carbons (Fsp3) is 0.538.